The van der Waals surface area contributed by atoms with Crippen molar-refractivity contribution in [3.8, 4) is 0 Å². The summed E-state index contributed by atoms with van der Waals surface area (Å²) in [5.41, 5.74) is 0.908. The van der Waals surface area contributed by atoms with E-state index < -0.39 is 5.60 Å². The van der Waals surface area contributed by atoms with E-state index in [1.54, 1.807) is 0 Å². The van der Waals surface area contributed by atoms with Gasteiger partial charge in [0.05, 0.1) is 5.60 Å². The topological polar surface area (TPSA) is 37.3 Å². The van der Waals surface area contributed by atoms with E-state index in [1.165, 1.54) is 18.4 Å². The third-order valence-corrected chi connectivity index (χ3v) is 6.67. The molecule has 20 heavy (non-hydrogen) atoms. The average molecular weight is 276 g/mol. The number of allylic oxidation sites excluding steroid dienone is 2. The molecule has 3 aliphatic carbocycles. The fraction of sp³-hybridized carbons (Fsp3) is 0.833. The zero-order valence-corrected chi connectivity index (χ0v) is 13.1. The lowest BCUT2D eigenvalue weighted by atomic mass is 9.53. The minimum Gasteiger partial charge on any atom is -0.390 e. The molecule has 0 aliphatic heterocycles. The lowest BCUT2D eigenvalue weighted by Gasteiger charge is -2.53. The molecule has 0 aromatic carbocycles. The molecule has 0 heterocycles. The van der Waals surface area contributed by atoms with Gasteiger partial charge in [0.2, 0.25) is 0 Å². The Bertz CT molecular complexity index is 443. The van der Waals surface area contributed by atoms with Gasteiger partial charge in [-0.1, -0.05) is 12.5 Å². The summed E-state index contributed by atoms with van der Waals surface area (Å²) in [5.74, 6) is 2.51. The number of carbonyl (C=O) groups is 1. The first kappa shape index (κ1) is 14.3. The molecule has 0 spiro atoms. The maximum absolute atomic E-state index is 11.6. The van der Waals surface area contributed by atoms with E-state index >= 15 is 0 Å². The van der Waals surface area contributed by atoms with E-state index in [0.717, 1.165) is 43.9 Å². The lowest BCUT2D eigenvalue weighted by molar-refractivity contribution is -0.116. The maximum atomic E-state index is 11.6. The van der Waals surface area contributed by atoms with Crippen LogP contribution < -0.4 is 0 Å². The molecule has 2 fully saturated rings. The SMILES string of the molecule is CC(C)(O)[C@@]1(C)CC[C@H]2[C@@H](CCC3=CC(=O)CC[C@@H]32)C1. The summed E-state index contributed by atoms with van der Waals surface area (Å²) in [6.45, 7) is 6.21. The number of carbonyl (C=O) groups excluding carboxylic acids is 1. The molecule has 0 radical (unpaired) electrons. The summed E-state index contributed by atoms with van der Waals surface area (Å²) in [6, 6.07) is 0. The molecule has 3 aliphatic rings. The normalized spacial score (nSPS) is 41.7. The predicted molar refractivity (Wildman–Crippen MR) is 80.3 cm³/mol. The van der Waals surface area contributed by atoms with Crippen LogP contribution in [0.5, 0.6) is 0 Å². The Hall–Kier alpha value is -0.630. The Morgan fingerprint density at radius 1 is 1.25 bits per heavy atom. The third-order valence-electron chi connectivity index (χ3n) is 6.67. The first-order chi connectivity index (χ1) is 9.30. The fourth-order valence-corrected chi connectivity index (χ4v) is 4.92. The second-order valence-electron chi connectivity index (χ2n) is 8.16. The van der Waals surface area contributed by atoms with Crippen LogP contribution in [-0.2, 0) is 4.79 Å². The smallest absolute Gasteiger partial charge is 0.155 e. The molecular formula is C18H28O2. The molecule has 1 N–H and O–H groups in total. The van der Waals surface area contributed by atoms with E-state index in [0.29, 0.717) is 11.7 Å². The Balaban J connectivity index is 1.79. The van der Waals surface area contributed by atoms with Gasteiger partial charge in [0.25, 0.3) is 0 Å². The van der Waals surface area contributed by atoms with Gasteiger partial charge in [-0.05, 0) is 81.6 Å². The Morgan fingerprint density at radius 3 is 2.70 bits per heavy atom. The summed E-state index contributed by atoms with van der Waals surface area (Å²) in [5, 5.41) is 10.5. The first-order valence-electron chi connectivity index (χ1n) is 8.26. The van der Waals surface area contributed by atoms with Gasteiger partial charge in [-0.3, -0.25) is 4.79 Å². The van der Waals surface area contributed by atoms with Crippen molar-refractivity contribution in [1.82, 2.24) is 0 Å². The number of rotatable bonds is 1. The number of hydrogen-bond acceptors (Lipinski definition) is 2. The molecule has 0 bridgehead atoms. The number of ketones is 1. The highest BCUT2D eigenvalue weighted by molar-refractivity contribution is 5.91. The van der Waals surface area contributed by atoms with Gasteiger partial charge in [0, 0.05) is 6.42 Å². The number of hydrogen-bond donors (Lipinski definition) is 1. The van der Waals surface area contributed by atoms with Crippen molar-refractivity contribution in [2.45, 2.75) is 71.3 Å². The van der Waals surface area contributed by atoms with Crippen molar-refractivity contribution in [3.63, 3.8) is 0 Å². The maximum Gasteiger partial charge on any atom is 0.155 e. The van der Waals surface area contributed by atoms with E-state index in [4.69, 9.17) is 0 Å². The van der Waals surface area contributed by atoms with Gasteiger partial charge in [-0.25, -0.2) is 0 Å². The zero-order valence-electron chi connectivity index (χ0n) is 13.1. The van der Waals surface area contributed by atoms with Crippen LogP contribution in [0.4, 0.5) is 0 Å². The van der Waals surface area contributed by atoms with Crippen molar-refractivity contribution < 1.29 is 9.90 Å². The quantitative estimate of drug-likeness (QED) is 0.789. The standard InChI is InChI=1S/C18H28O2/c1-17(2,20)18(3)9-8-16-13(11-18)5-4-12-10-14(19)6-7-15(12)16/h10,13,15-16,20H,4-9,11H2,1-3H3/t13-,15-,16-,18-/m0/s1. The highest BCUT2D eigenvalue weighted by Crippen LogP contribution is 2.56. The molecule has 0 unspecified atom stereocenters. The molecule has 2 nitrogen and oxygen atoms in total. The minimum absolute atomic E-state index is 0.0554. The number of fused-ring (bicyclic) bond motifs is 3. The highest BCUT2D eigenvalue weighted by Gasteiger charge is 2.49. The molecule has 0 aromatic heterocycles. The van der Waals surface area contributed by atoms with Gasteiger partial charge < -0.3 is 5.11 Å². The summed E-state index contributed by atoms with van der Waals surface area (Å²) in [4.78, 5) is 11.6. The zero-order chi connectivity index (χ0) is 14.5. The van der Waals surface area contributed by atoms with E-state index in [2.05, 4.69) is 6.92 Å². The molecule has 0 saturated heterocycles. The minimum atomic E-state index is -0.587. The van der Waals surface area contributed by atoms with Crippen molar-refractivity contribution in [1.29, 1.82) is 0 Å². The van der Waals surface area contributed by atoms with Crippen LogP contribution in [0.1, 0.15) is 65.7 Å². The van der Waals surface area contributed by atoms with E-state index in [-0.39, 0.29) is 5.41 Å². The molecule has 0 amide bonds. The van der Waals surface area contributed by atoms with Crippen molar-refractivity contribution >= 4 is 5.78 Å². The average Bonchev–Trinajstić information content (AvgIpc) is 2.36. The predicted octanol–water partition coefficient (Wildman–Crippen LogP) is 3.88. The van der Waals surface area contributed by atoms with Crippen molar-refractivity contribution in [3.05, 3.63) is 11.6 Å². The second-order valence-corrected chi connectivity index (χ2v) is 8.16. The first-order valence-corrected chi connectivity index (χ1v) is 8.26. The van der Waals surface area contributed by atoms with Gasteiger partial charge in [-0.15, -0.1) is 0 Å². The van der Waals surface area contributed by atoms with E-state index in [1.807, 2.05) is 19.9 Å². The third kappa shape index (κ3) is 2.26. The van der Waals surface area contributed by atoms with Crippen molar-refractivity contribution in [2.24, 2.45) is 23.2 Å². The summed E-state index contributed by atoms with van der Waals surface area (Å²) in [6.07, 6.45) is 9.60. The van der Waals surface area contributed by atoms with Crippen LogP contribution in [0.2, 0.25) is 0 Å². The Morgan fingerprint density at radius 2 is 2.00 bits per heavy atom. The summed E-state index contributed by atoms with van der Waals surface area (Å²) in [7, 11) is 0. The largest absolute Gasteiger partial charge is 0.390 e. The molecule has 112 valence electrons. The second kappa shape index (κ2) is 4.69. The molecule has 0 aromatic rings. The van der Waals surface area contributed by atoms with Crippen LogP contribution in [0.3, 0.4) is 0 Å². The summed E-state index contributed by atoms with van der Waals surface area (Å²) < 4.78 is 0. The molecule has 2 heteroatoms. The molecule has 3 rings (SSSR count). The van der Waals surface area contributed by atoms with Crippen LogP contribution >= 0.6 is 0 Å². The molecule has 2 saturated carbocycles. The Kier molecular flexibility index (Phi) is 3.36. The van der Waals surface area contributed by atoms with Gasteiger partial charge in [0.15, 0.2) is 5.78 Å². The monoisotopic (exact) mass is 276 g/mol. The van der Waals surface area contributed by atoms with Gasteiger partial charge >= 0.3 is 0 Å². The molecule has 4 atom stereocenters. The van der Waals surface area contributed by atoms with Crippen LogP contribution in [0, 0.1) is 23.2 Å². The lowest BCUT2D eigenvalue weighted by Crippen LogP contribution is -2.48. The van der Waals surface area contributed by atoms with Crippen LogP contribution in [-0.4, -0.2) is 16.5 Å². The summed E-state index contributed by atoms with van der Waals surface area (Å²) >= 11 is 0. The Labute approximate surface area is 122 Å². The number of aliphatic hydroxyl groups is 1. The highest BCUT2D eigenvalue weighted by atomic mass is 16.3. The van der Waals surface area contributed by atoms with Gasteiger partial charge in [-0.2, -0.15) is 0 Å². The van der Waals surface area contributed by atoms with Crippen LogP contribution in [0.25, 0.3) is 0 Å². The van der Waals surface area contributed by atoms with Crippen LogP contribution in [0.15, 0.2) is 11.6 Å². The van der Waals surface area contributed by atoms with Crippen molar-refractivity contribution in [2.75, 3.05) is 0 Å². The molecular weight excluding hydrogens is 248 g/mol. The van der Waals surface area contributed by atoms with E-state index in [9.17, 15) is 9.90 Å². The fourth-order valence-electron chi connectivity index (χ4n) is 4.92. The van der Waals surface area contributed by atoms with Gasteiger partial charge in [0.1, 0.15) is 0 Å².